The van der Waals surface area contributed by atoms with Gasteiger partial charge < -0.3 is 4.74 Å². The Bertz CT molecular complexity index is 555. The first-order valence-corrected chi connectivity index (χ1v) is 6.77. The molecule has 3 fully saturated rings. The number of fused-ring (bicyclic) bond motifs is 5. The Labute approximate surface area is 111 Å². The van der Waals surface area contributed by atoms with E-state index in [4.69, 9.17) is 4.74 Å². The van der Waals surface area contributed by atoms with Crippen molar-refractivity contribution in [1.29, 1.82) is 0 Å². The van der Waals surface area contributed by atoms with E-state index in [1.54, 1.807) is 0 Å². The van der Waals surface area contributed by atoms with E-state index in [1.165, 1.54) is 4.90 Å². The summed E-state index contributed by atoms with van der Waals surface area (Å²) in [5, 5.41) is 0. The molecular weight excluding hydrogens is 242 g/mol. The molecule has 4 rings (SSSR count). The molecule has 3 aliphatic rings. The average molecular weight is 257 g/mol. The number of hydrogen-bond acceptors (Lipinski definition) is 3. The van der Waals surface area contributed by atoms with E-state index in [2.05, 4.69) is 0 Å². The van der Waals surface area contributed by atoms with E-state index >= 15 is 0 Å². The van der Waals surface area contributed by atoms with E-state index in [0.29, 0.717) is 5.69 Å². The molecule has 0 radical (unpaired) electrons. The smallest absolute Gasteiger partial charge is 0.240 e. The number of rotatable bonds is 1. The summed E-state index contributed by atoms with van der Waals surface area (Å²) in [5.41, 5.74) is 1.75. The van der Waals surface area contributed by atoms with Crippen LogP contribution in [-0.4, -0.2) is 24.0 Å². The van der Waals surface area contributed by atoms with Crippen LogP contribution in [0.5, 0.6) is 0 Å². The standard InChI is InChI=1S/C15H15NO3/c1-8-3-2-4-9(7-8)16-14(17)12-10-5-6-11(19-10)13(12)15(16)18/h2-4,7,10-13H,5-6H2,1H3. The maximum absolute atomic E-state index is 12.5. The summed E-state index contributed by atoms with van der Waals surface area (Å²) in [5.74, 6) is -0.640. The first-order chi connectivity index (χ1) is 9.16. The molecule has 0 saturated carbocycles. The summed E-state index contributed by atoms with van der Waals surface area (Å²) in [6.07, 6.45) is 1.74. The van der Waals surface area contributed by atoms with Crippen LogP contribution in [0.2, 0.25) is 0 Å². The molecule has 0 aromatic heterocycles. The number of imide groups is 1. The first-order valence-electron chi connectivity index (χ1n) is 6.77. The Hall–Kier alpha value is -1.68. The SMILES string of the molecule is Cc1cccc(N2C(=O)C3C4CCC(O4)C3C2=O)c1. The number of ether oxygens (including phenoxy) is 1. The van der Waals surface area contributed by atoms with Gasteiger partial charge in [0, 0.05) is 0 Å². The fourth-order valence-electron chi connectivity index (χ4n) is 3.73. The van der Waals surface area contributed by atoms with Gasteiger partial charge in [-0.3, -0.25) is 9.59 Å². The van der Waals surface area contributed by atoms with Crippen LogP contribution in [0.25, 0.3) is 0 Å². The van der Waals surface area contributed by atoms with Crippen LogP contribution in [0.1, 0.15) is 18.4 Å². The van der Waals surface area contributed by atoms with Crippen LogP contribution in [0.15, 0.2) is 24.3 Å². The maximum atomic E-state index is 12.5. The molecule has 3 aliphatic heterocycles. The minimum atomic E-state index is -0.244. The predicted molar refractivity (Wildman–Crippen MR) is 68.5 cm³/mol. The third-order valence-corrected chi connectivity index (χ3v) is 4.54. The third-order valence-electron chi connectivity index (χ3n) is 4.54. The normalized spacial score (nSPS) is 36.2. The second kappa shape index (κ2) is 3.67. The fraction of sp³-hybridized carbons (Fsp3) is 0.467. The molecule has 3 heterocycles. The lowest BCUT2D eigenvalue weighted by molar-refractivity contribution is -0.124. The molecule has 2 bridgehead atoms. The Kier molecular flexibility index (Phi) is 2.16. The number of aryl methyl sites for hydroxylation is 1. The van der Waals surface area contributed by atoms with Gasteiger partial charge in [0.2, 0.25) is 11.8 Å². The molecule has 1 aromatic carbocycles. The zero-order valence-corrected chi connectivity index (χ0v) is 10.7. The van der Waals surface area contributed by atoms with Crippen molar-refractivity contribution in [3.05, 3.63) is 29.8 Å². The number of hydrogen-bond donors (Lipinski definition) is 0. The molecular formula is C15H15NO3. The lowest BCUT2D eigenvalue weighted by Crippen LogP contribution is -2.34. The lowest BCUT2D eigenvalue weighted by Gasteiger charge is -2.17. The van der Waals surface area contributed by atoms with Crippen molar-refractivity contribution in [3.63, 3.8) is 0 Å². The largest absolute Gasteiger partial charge is 0.373 e. The summed E-state index contributed by atoms with van der Waals surface area (Å²) in [6, 6.07) is 7.55. The lowest BCUT2D eigenvalue weighted by atomic mass is 9.81. The van der Waals surface area contributed by atoms with Gasteiger partial charge in [-0.2, -0.15) is 0 Å². The Balaban J connectivity index is 1.75. The molecule has 1 aromatic rings. The van der Waals surface area contributed by atoms with Gasteiger partial charge in [-0.25, -0.2) is 4.90 Å². The van der Waals surface area contributed by atoms with Crippen molar-refractivity contribution < 1.29 is 14.3 Å². The highest BCUT2D eigenvalue weighted by Gasteiger charge is 2.62. The molecule has 0 N–H and O–H groups in total. The van der Waals surface area contributed by atoms with Crippen LogP contribution in [0.3, 0.4) is 0 Å². The Morgan fingerprint density at radius 1 is 1.11 bits per heavy atom. The molecule has 4 heteroatoms. The summed E-state index contributed by atoms with van der Waals surface area (Å²) < 4.78 is 5.72. The van der Waals surface area contributed by atoms with Crippen LogP contribution in [0.4, 0.5) is 5.69 Å². The van der Waals surface area contributed by atoms with Gasteiger partial charge in [-0.15, -0.1) is 0 Å². The molecule has 0 aliphatic carbocycles. The van der Waals surface area contributed by atoms with Crippen molar-refractivity contribution in [3.8, 4) is 0 Å². The summed E-state index contributed by atoms with van der Waals surface area (Å²) in [4.78, 5) is 26.4. The molecule has 19 heavy (non-hydrogen) atoms. The molecule has 4 nitrogen and oxygen atoms in total. The zero-order valence-electron chi connectivity index (χ0n) is 10.7. The highest BCUT2D eigenvalue weighted by Crippen LogP contribution is 2.49. The van der Waals surface area contributed by atoms with E-state index in [0.717, 1.165) is 18.4 Å². The fourth-order valence-corrected chi connectivity index (χ4v) is 3.73. The third kappa shape index (κ3) is 1.38. The van der Waals surface area contributed by atoms with Gasteiger partial charge in [-0.05, 0) is 37.5 Å². The quantitative estimate of drug-likeness (QED) is 0.719. The summed E-state index contributed by atoms with van der Waals surface area (Å²) in [7, 11) is 0. The number of anilines is 1. The molecule has 4 unspecified atom stereocenters. The number of carbonyl (C=O) groups is 2. The van der Waals surface area contributed by atoms with E-state index in [1.807, 2.05) is 31.2 Å². The van der Waals surface area contributed by atoms with E-state index < -0.39 is 0 Å². The second-order valence-corrected chi connectivity index (χ2v) is 5.69. The number of carbonyl (C=O) groups excluding carboxylic acids is 2. The van der Waals surface area contributed by atoms with Gasteiger partial charge in [0.15, 0.2) is 0 Å². The van der Waals surface area contributed by atoms with Gasteiger partial charge >= 0.3 is 0 Å². The van der Waals surface area contributed by atoms with E-state index in [9.17, 15) is 9.59 Å². The predicted octanol–water partition coefficient (Wildman–Crippen LogP) is 1.66. The van der Waals surface area contributed by atoms with Gasteiger partial charge in [0.1, 0.15) is 0 Å². The van der Waals surface area contributed by atoms with Crippen molar-refractivity contribution in [2.45, 2.75) is 32.0 Å². The van der Waals surface area contributed by atoms with Gasteiger partial charge in [-0.1, -0.05) is 12.1 Å². The highest BCUT2D eigenvalue weighted by atomic mass is 16.5. The second-order valence-electron chi connectivity index (χ2n) is 5.69. The average Bonchev–Trinajstić information content (AvgIpc) is 3.04. The molecule has 98 valence electrons. The van der Waals surface area contributed by atoms with Crippen LogP contribution >= 0.6 is 0 Å². The van der Waals surface area contributed by atoms with Crippen molar-refractivity contribution in [2.24, 2.45) is 11.8 Å². The van der Waals surface area contributed by atoms with E-state index in [-0.39, 0.29) is 35.9 Å². The molecule has 4 atom stereocenters. The topological polar surface area (TPSA) is 46.6 Å². The van der Waals surface area contributed by atoms with Crippen LogP contribution in [-0.2, 0) is 14.3 Å². The zero-order chi connectivity index (χ0) is 13.1. The Morgan fingerprint density at radius 3 is 2.32 bits per heavy atom. The number of amides is 2. The first kappa shape index (κ1) is 11.2. The van der Waals surface area contributed by atoms with Crippen molar-refractivity contribution in [2.75, 3.05) is 4.90 Å². The minimum absolute atomic E-state index is 0.0405. The highest BCUT2D eigenvalue weighted by molar-refractivity contribution is 6.22. The molecule has 0 spiro atoms. The van der Waals surface area contributed by atoms with Crippen molar-refractivity contribution >= 4 is 17.5 Å². The van der Waals surface area contributed by atoms with Gasteiger partial charge in [0.25, 0.3) is 0 Å². The van der Waals surface area contributed by atoms with Gasteiger partial charge in [0.05, 0.1) is 29.7 Å². The van der Waals surface area contributed by atoms with Crippen LogP contribution in [0, 0.1) is 18.8 Å². The summed E-state index contributed by atoms with van der Waals surface area (Å²) >= 11 is 0. The molecule has 2 amide bonds. The summed E-state index contributed by atoms with van der Waals surface area (Å²) in [6.45, 7) is 1.96. The number of benzene rings is 1. The van der Waals surface area contributed by atoms with Crippen LogP contribution < -0.4 is 4.90 Å². The maximum Gasteiger partial charge on any atom is 0.240 e. The Morgan fingerprint density at radius 2 is 1.74 bits per heavy atom. The van der Waals surface area contributed by atoms with Crippen molar-refractivity contribution in [1.82, 2.24) is 0 Å². The minimum Gasteiger partial charge on any atom is -0.373 e. The monoisotopic (exact) mass is 257 g/mol. The molecule has 3 saturated heterocycles. The number of nitrogens with zero attached hydrogens (tertiary/aromatic N) is 1.